The highest BCUT2D eigenvalue weighted by molar-refractivity contribution is 8.01. The summed E-state index contributed by atoms with van der Waals surface area (Å²) >= 11 is 2.01. The molecule has 0 bridgehead atoms. The third kappa shape index (κ3) is 4.81. The van der Waals surface area contributed by atoms with E-state index in [0.29, 0.717) is 11.2 Å². The maximum atomic E-state index is 9.49. The van der Waals surface area contributed by atoms with Gasteiger partial charge in [0, 0.05) is 32.7 Å². The number of aliphatic imine (C=N–C) groups is 1. The van der Waals surface area contributed by atoms with Crippen molar-refractivity contribution in [3.8, 4) is 6.07 Å². The van der Waals surface area contributed by atoms with E-state index >= 15 is 0 Å². The molecule has 1 fully saturated rings. The highest BCUT2D eigenvalue weighted by Gasteiger charge is 2.44. The molecule has 4 aliphatic rings. The number of hydrogen-bond donors (Lipinski definition) is 1. The molecule has 4 aromatic carbocycles. The maximum Gasteiger partial charge on any atom is 0.197 e. The van der Waals surface area contributed by atoms with Gasteiger partial charge in [-0.05, 0) is 69.9 Å². The van der Waals surface area contributed by atoms with Crippen LogP contribution >= 0.6 is 11.8 Å². The third-order valence-electron chi connectivity index (χ3n) is 10.2. The molecule has 5 nitrogen and oxygen atoms in total. The molecule has 1 aromatic heterocycles. The summed E-state index contributed by atoms with van der Waals surface area (Å²) in [5, 5.41) is 14.7. The lowest BCUT2D eigenvalue weighted by molar-refractivity contribution is 0.287. The molecule has 0 amide bonds. The molecule has 234 valence electrons. The van der Waals surface area contributed by atoms with Crippen molar-refractivity contribution in [1.82, 2.24) is 15.0 Å². The van der Waals surface area contributed by atoms with Gasteiger partial charge in [0.2, 0.25) is 0 Å². The summed E-state index contributed by atoms with van der Waals surface area (Å²) in [4.78, 5) is 6.71. The minimum atomic E-state index is -0.324. The normalized spacial score (nSPS) is 24.9. The molecule has 3 heterocycles. The second kappa shape index (κ2) is 11.6. The number of aromatic nitrogens is 1. The molecule has 1 saturated heterocycles. The second-order valence-corrected chi connectivity index (χ2v) is 14.4. The fraction of sp³-hybridized carbons (Fsp3) is 0.190. The number of thioether (sulfide) groups is 1. The standard InChI is InChI=1S/C42H35N5S/c1-26-10-8-16-35-36-21-20-34-33-15-6-7-17-37(33)46(38(34)40(36)48-39(26)35)42(44-25-28-11-4-3-5-12-28)47-41(45-47)31-14-9-13-29(23-31)30-18-19-32(24-43)27(2)22-30/h3-21,23,25-27,39,41-42,45H,22H2,1-2H3. The van der Waals surface area contributed by atoms with E-state index < -0.39 is 0 Å². The van der Waals surface area contributed by atoms with Crippen molar-refractivity contribution in [2.45, 2.75) is 42.9 Å². The lowest BCUT2D eigenvalue weighted by Gasteiger charge is -2.20. The van der Waals surface area contributed by atoms with Gasteiger partial charge in [-0.3, -0.25) is 4.99 Å². The predicted octanol–water partition coefficient (Wildman–Crippen LogP) is 9.83. The Morgan fingerprint density at radius 2 is 1.79 bits per heavy atom. The summed E-state index contributed by atoms with van der Waals surface area (Å²) in [6.07, 6.45) is 13.5. The van der Waals surface area contributed by atoms with Crippen LogP contribution in [0.4, 0.5) is 0 Å². The van der Waals surface area contributed by atoms with Crippen LogP contribution in [-0.4, -0.2) is 21.0 Å². The molecule has 0 radical (unpaired) electrons. The van der Waals surface area contributed by atoms with E-state index in [4.69, 9.17) is 4.99 Å². The van der Waals surface area contributed by atoms with E-state index in [-0.39, 0.29) is 18.4 Å². The van der Waals surface area contributed by atoms with Crippen LogP contribution in [0.1, 0.15) is 55.0 Å². The number of benzene rings is 4. The van der Waals surface area contributed by atoms with Crippen molar-refractivity contribution >= 4 is 50.9 Å². The quantitative estimate of drug-likeness (QED) is 0.148. The van der Waals surface area contributed by atoms with Gasteiger partial charge in [0.15, 0.2) is 6.29 Å². The number of nitriles is 1. The maximum absolute atomic E-state index is 9.49. The van der Waals surface area contributed by atoms with Crippen molar-refractivity contribution in [2.75, 3.05) is 0 Å². The van der Waals surface area contributed by atoms with Gasteiger partial charge in [0.25, 0.3) is 0 Å². The van der Waals surface area contributed by atoms with Crippen LogP contribution in [0.15, 0.2) is 137 Å². The predicted molar refractivity (Wildman–Crippen MR) is 198 cm³/mol. The van der Waals surface area contributed by atoms with Crippen LogP contribution in [0.5, 0.6) is 0 Å². The Morgan fingerprint density at radius 3 is 2.65 bits per heavy atom. The number of nitrogens with zero attached hydrogens (tertiary/aromatic N) is 4. The molecule has 6 atom stereocenters. The van der Waals surface area contributed by atoms with Gasteiger partial charge in [-0.15, -0.1) is 11.8 Å². The van der Waals surface area contributed by atoms with Crippen molar-refractivity contribution in [2.24, 2.45) is 16.8 Å². The zero-order chi connectivity index (χ0) is 32.4. The Balaban J connectivity index is 1.17. The first kappa shape index (κ1) is 29.2. The Hall–Kier alpha value is -4.93. The monoisotopic (exact) mass is 641 g/mol. The fourth-order valence-corrected chi connectivity index (χ4v) is 9.16. The highest BCUT2D eigenvalue weighted by atomic mass is 32.2. The molecule has 6 unspecified atom stereocenters. The fourth-order valence-electron chi connectivity index (χ4n) is 7.63. The molecule has 1 N–H and O–H groups in total. The van der Waals surface area contributed by atoms with Crippen molar-refractivity contribution in [3.05, 3.63) is 149 Å². The topological polar surface area (TPSA) is 66.0 Å². The van der Waals surface area contributed by atoms with Gasteiger partial charge in [0.1, 0.15) is 6.17 Å². The van der Waals surface area contributed by atoms with E-state index in [2.05, 4.69) is 144 Å². The number of rotatable bonds is 6. The van der Waals surface area contributed by atoms with E-state index in [1.54, 1.807) is 0 Å². The first-order valence-electron chi connectivity index (χ1n) is 16.7. The summed E-state index contributed by atoms with van der Waals surface area (Å²) in [5.74, 6) is 0.691. The Labute approximate surface area is 285 Å². The number of hydrazine groups is 1. The molecule has 0 saturated carbocycles. The van der Waals surface area contributed by atoms with Gasteiger partial charge < -0.3 is 4.57 Å². The van der Waals surface area contributed by atoms with Gasteiger partial charge >= 0.3 is 0 Å². The van der Waals surface area contributed by atoms with Crippen LogP contribution < -0.4 is 5.43 Å². The summed E-state index contributed by atoms with van der Waals surface area (Å²) in [5.41, 5.74) is 14.5. The molecule has 9 rings (SSSR count). The van der Waals surface area contributed by atoms with Crippen LogP contribution in [0.25, 0.3) is 33.0 Å². The third-order valence-corrected chi connectivity index (χ3v) is 11.8. The van der Waals surface area contributed by atoms with Gasteiger partial charge in [-0.25, -0.2) is 5.43 Å². The minimum absolute atomic E-state index is 0.00448. The van der Waals surface area contributed by atoms with E-state index in [1.807, 2.05) is 30.1 Å². The number of allylic oxidation sites excluding steroid dienone is 7. The molecule has 2 aliphatic carbocycles. The average Bonchev–Trinajstić information content (AvgIpc) is 3.72. The summed E-state index contributed by atoms with van der Waals surface area (Å²) < 4.78 is 2.46. The van der Waals surface area contributed by atoms with Crippen LogP contribution in [-0.2, 0) is 0 Å². The smallest absolute Gasteiger partial charge is 0.197 e. The molecular formula is C42H35N5S. The summed E-state index contributed by atoms with van der Waals surface area (Å²) in [6.45, 7) is 4.46. The SMILES string of the molecule is CC1CC(c2cccc(C3NN3C(N=Cc3ccccc3)n3c4ccccc4c4ccc5c(c43)SC3C5=CC=CC3C)c2)=CC=C1C#N. The first-order valence-corrected chi connectivity index (χ1v) is 17.6. The Morgan fingerprint density at radius 1 is 0.938 bits per heavy atom. The second-order valence-electron chi connectivity index (χ2n) is 13.3. The van der Waals surface area contributed by atoms with Gasteiger partial charge in [0.05, 0.1) is 17.1 Å². The summed E-state index contributed by atoms with van der Waals surface area (Å²) in [6, 6.07) is 35.0. The highest BCUT2D eigenvalue weighted by Crippen LogP contribution is 2.54. The van der Waals surface area contributed by atoms with Crippen LogP contribution in [0.2, 0.25) is 0 Å². The number of para-hydroxylation sites is 1. The lowest BCUT2D eigenvalue weighted by atomic mass is 9.86. The Bertz CT molecular complexity index is 2300. The first-order chi connectivity index (χ1) is 23.6. The average molecular weight is 642 g/mol. The molecule has 48 heavy (non-hydrogen) atoms. The zero-order valence-corrected chi connectivity index (χ0v) is 27.7. The van der Waals surface area contributed by atoms with Crippen molar-refractivity contribution in [3.63, 3.8) is 0 Å². The minimum Gasteiger partial charge on any atom is -0.303 e. The number of fused-ring (bicyclic) bond motifs is 7. The number of hydrogen-bond acceptors (Lipinski definition) is 5. The molecular weight excluding hydrogens is 607 g/mol. The van der Waals surface area contributed by atoms with Gasteiger partial charge in [-0.1, -0.05) is 117 Å². The van der Waals surface area contributed by atoms with E-state index in [0.717, 1.165) is 17.6 Å². The molecule has 5 aromatic rings. The molecule has 2 aliphatic heterocycles. The zero-order valence-electron chi connectivity index (χ0n) is 26.9. The summed E-state index contributed by atoms with van der Waals surface area (Å²) in [7, 11) is 0. The van der Waals surface area contributed by atoms with Gasteiger partial charge in [-0.2, -0.15) is 10.3 Å². The molecule has 6 heteroatoms. The van der Waals surface area contributed by atoms with E-state index in [9.17, 15) is 5.26 Å². The number of nitrogens with one attached hydrogen (secondary N) is 1. The van der Waals surface area contributed by atoms with Crippen LogP contribution in [0.3, 0.4) is 0 Å². The van der Waals surface area contributed by atoms with Crippen molar-refractivity contribution in [1.29, 1.82) is 5.26 Å². The van der Waals surface area contributed by atoms with Crippen molar-refractivity contribution < 1.29 is 0 Å². The van der Waals surface area contributed by atoms with Crippen LogP contribution in [0, 0.1) is 23.2 Å². The molecule has 0 spiro atoms. The Kier molecular flexibility index (Phi) is 7.09. The van der Waals surface area contributed by atoms with E-state index in [1.165, 1.54) is 54.5 Å². The lowest BCUT2D eigenvalue weighted by Crippen LogP contribution is -2.18. The largest absolute Gasteiger partial charge is 0.303 e.